The minimum absolute atomic E-state index is 0.00200. The van der Waals surface area contributed by atoms with Crippen molar-refractivity contribution in [3.8, 4) is 0 Å². The van der Waals surface area contributed by atoms with E-state index in [9.17, 15) is 4.79 Å². The predicted molar refractivity (Wildman–Crippen MR) is 104 cm³/mol. The van der Waals surface area contributed by atoms with Crippen molar-refractivity contribution >= 4 is 39.0 Å². The van der Waals surface area contributed by atoms with Gasteiger partial charge in [-0.1, -0.05) is 6.07 Å². The van der Waals surface area contributed by atoms with E-state index in [4.69, 9.17) is 4.98 Å². The van der Waals surface area contributed by atoms with E-state index in [0.717, 1.165) is 23.6 Å². The van der Waals surface area contributed by atoms with Gasteiger partial charge in [-0.3, -0.25) is 14.1 Å². The van der Waals surface area contributed by atoms with Gasteiger partial charge < -0.3 is 0 Å². The smallest absolute Gasteiger partial charge is 0.258 e. The lowest BCUT2D eigenvalue weighted by molar-refractivity contribution is 0.206. The molecule has 1 aliphatic rings. The van der Waals surface area contributed by atoms with E-state index in [-0.39, 0.29) is 11.6 Å². The van der Waals surface area contributed by atoms with Gasteiger partial charge in [0.05, 0.1) is 11.7 Å². The number of hydrogen-bond acceptors (Lipinski definition) is 6. The molecule has 0 aromatic carbocycles. The lowest BCUT2D eigenvalue weighted by Gasteiger charge is -2.35. The van der Waals surface area contributed by atoms with Gasteiger partial charge in [0, 0.05) is 40.5 Å². The van der Waals surface area contributed by atoms with Gasteiger partial charge in [-0.15, -0.1) is 34.0 Å². The minimum Gasteiger partial charge on any atom is -0.285 e. The molecule has 0 saturated carbocycles. The molecule has 0 spiro atoms. The van der Waals surface area contributed by atoms with E-state index in [1.165, 1.54) is 26.7 Å². The number of aromatic nitrogens is 2. The maximum atomic E-state index is 12.3. The zero-order valence-corrected chi connectivity index (χ0v) is 15.7. The molecule has 4 aromatic heterocycles. The molecule has 5 rings (SSSR count). The van der Waals surface area contributed by atoms with Crippen LogP contribution in [-0.4, -0.2) is 20.8 Å². The van der Waals surface area contributed by atoms with Crippen LogP contribution in [0.15, 0.2) is 51.4 Å². The van der Waals surface area contributed by atoms with Gasteiger partial charge in [-0.25, -0.2) is 4.98 Å². The van der Waals surface area contributed by atoms with Gasteiger partial charge in [0.25, 0.3) is 5.56 Å². The molecular formula is C18H15N3OS3. The fourth-order valence-electron chi connectivity index (χ4n) is 3.50. The van der Waals surface area contributed by atoms with E-state index < -0.39 is 0 Å². The summed E-state index contributed by atoms with van der Waals surface area (Å²) in [6.45, 7) is 1.68. The predicted octanol–water partition coefficient (Wildman–Crippen LogP) is 4.03. The Balaban J connectivity index is 1.54. The molecule has 4 aromatic rings. The minimum atomic E-state index is 0.00200. The van der Waals surface area contributed by atoms with E-state index in [1.807, 2.05) is 16.7 Å². The molecule has 0 fully saturated rings. The summed E-state index contributed by atoms with van der Waals surface area (Å²) in [6.07, 6.45) is 2.85. The van der Waals surface area contributed by atoms with E-state index in [1.54, 1.807) is 28.0 Å². The first-order chi connectivity index (χ1) is 12.3. The molecule has 0 unspecified atom stereocenters. The normalized spacial score (nSPS) is 17.8. The van der Waals surface area contributed by atoms with Gasteiger partial charge in [-0.2, -0.15) is 0 Å². The van der Waals surface area contributed by atoms with E-state index in [2.05, 4.69) is 33.9 Å². The molecular weight excluding hydrogens is 370 g/mol. The van der Waals surface area contributed by atoms with Crippen LogP contribution in [0.3, 0.4) is 0 Å². The van der Waals surface area contributed by atoms with Crippen molar-refractivity contribution in [1.82, 2.24) is 14.3 Å². The molecule has 0 aliphatic carbocycles. The highest BCUT2D eigenvalue weighted by molar-refractivity contribution is 7.15. The first kappa shape index (κ1) is 15.5. The van der Waals surface area contributed by atoms with E-state index in [0.29, 0.717) is 6.54 Å². The molecule has 0 saturated heterocycles. The number of hydrogen-bond donors (Lipinski definition) is 0. The number of fused-ring (bicyclic) bond motifs is 2. The van der Waals surface area contributed by atoms with E-state index >= 15 is 0 Å². The molecule has 0 N–H and O–H groups in total. The summed E-state index contributed by atoms with van der Waals surface area (Å²) in [5.74, 6) is 0. The Morgan fingerprint density at radius 2 is 2.12 bits per heavy atom. The van der Waals surface area contributed by atoms with Crippen LogP contribution >= 0.6 is 34.0 Å². The van der Waals surface area contributed by atoms with Gasteiger partial charge in [0.15, 0.2) is 4.96 Å². The second-order valence-corrected chi connectivity index (χ2v) is 8.93. The largest absolute Gasteiger partial charge is 0.285 e. The van der Waals surface area contributed by atoms with Crippen molar-refractivity contribution in [2.45, 2.75) is 19.0 Å². The Morgan fingerprint density at radius 3 is 3.00 bits per heavy atom. The van der Waals surface area contributed by atoms with Crippen molar-refractivity contribution in [2.24, 2.45) is 0 Å². The van der Waals surface area contributed by atoms with Crippen LogP contribution in [0.4, 0.5) is 0 Å². The second-order valence-electron chi connectivity index (χ2n) is 6.08. The average Bonchev–Trinajstić information content (AvgIpc) is 3.35. The summed E-state index contributed by atoms with van der Waals surface area (Å²) >= 11 is 5.15. The van der Waals surface area contributed by atoms with Crippen molar-refractivity contribution < 1.29 is 0 Å². The first-order valence-electron chi connectivity index (χ1n) is 8.09. The molecule has 5 heterocycles. The molecule has 7 heteroatoms. The fraction of sp³-hybridized carbons (Fsp3) is 0.222. The second kappa shape index (κ2) is 6.17. The monoisotopic (exact) mass is 385 g/mol. The van der Waals surface area contributed by atoms with Crippen molar-refractivity contribution in [3.05, 3.63) is 78.0 Å². The Bertz CT molecular complexity index is 1080. The van der Waals surface area contributed by atoms with Crippen LogP contribution in [0.1, 0.15) is 27.1 Å². The SMILES string of the molecule is O=c1cc(CN2CCc3sccc3[C@@H]2c2cccs2)nc2sccn12. The van der Waals surface area contributed by atoms with Crippen LogP contribution < -0.4 is 5.56 Å². The Hall–Kier alpha value is -1.80. The maximum absolute atomic E-state index is 12.3. The molecule has 126 valence electrons. The van der Waals surface area contributed by atoms with Crippen molar-refractivity contribution in [1.29, 1.82) is 0 Å². The zero-order chi connectivity index (χ0) is 16.8. The van der Waals surface area contributed by atoms with Crippen LogP contribution in [0.5, 0.6) is 0 Å². The summed E-state index contributed by atoms with van der Waals surface area (Å²) in [6, 6.07) is 8.51. The maximum Gasteiger partial charge on any atom is 0.258 e. The molecule has 0 radical (unpaired) electrons. The summed E-state index contributed by atoms with van der Waals surface area (Å²) in [5.41, 5.74) is 2.27. The third kappa shape index (κ3) is 2.67. The number of nitrogens with zero attached hydrogens (tertiary/aromatic N) is 3. The average molecular weight is 386 g/mol. The lowest BCUT2D eigenvalue weighted by Crippen LogP contribution is -2.35. The third-order valence-electron chi connectivity index (χ3n) is 4.60. The van der Waals surface area contributed by atoms with Gasteiger partial charge in [0.2, 0.25) is 0 Å². The van der Waals surface area contributed by atoms with Crippen LogP contribution in [0, 0.1) is 0 Å². The number of thiophene rings is 2. The molecule has 0 amide bonds. The third-order valence-corrected chi connectivity index (χ3v) is 7.28. The Morgan fingerprint density at radius 1 is 1.16 bits per heavy atom. The van der Waals surface area contributed by atoms with Gasteiger partial charge in [0.1, 0.15) is 0 Å². The lowest BCUT2D eigenvalue weighted by atomic mass is 9.98. The van der Waals surface area contributed by atoms with Gasteiger partial charge >= 0.3 is 0 Å². The molecule has 4 nitrogen and oxygen atoms in total. The van der Waals surface area contributed by atoms with Gasteiger partial charge in [-0.05, 0) is 34.9 Å². The van der Waals surface area contributed by atoms with Crippen molar-refractivity contribution in [3.63, 3.8) is 0 Å². The van der Waals surface area contributed by atoms with Crippen molar-refractivity contribution in [2.75, 3.05) is 6.54 Å². The van der Waals surface area contributed by atoms with Crippen LogP contribution in [0.2, 0.25) is 0 Å². The Labute approximate surface area is 156 Å². The number of rotatable bonds is 3. The molecule has 1 aliphatic heterocycles. The standard InChI is InChI=1S/C18H15N3OS3/c22-16-10-12(19-18-21(16)6-9-25-18)11-20-5-3-14-13(4-8-24-14)17(20)15-2-1-7-23-15/h1-2,4,6-10,17H,3,5,11H2/t17-/m1/s1. The first-order valence-corrected chi connectivity index (χ1v) is 10.7. The highest BCUT2D eigenvalue weighted by Gasteiger charge is 2.30. The summed E-state index contributed by atoms with van der Waals surface area (Å²) in [7, 11) is 0. The summed E-state index contributed by atoms with van der Waals surface area (Å²) < 4.78 is 1.61. The van der Waals surface area contributed by atoms with Crippen LogP contribution in [-0.2, 0) is 13.0 Å². The molecule has 0 bridgehead atoms. The number of thiazole rings is 1. The molecule has 1 atom stereocenters. The highest BCUT2D eigenvalue weighted by Crippen LogP contribution is 2.39. The zero-order valence-electron chi connectivity index (χ0n) is 13.3. The molecule has 25 heavy (non-hydrogen) atoms. The summed E-state index contributed by atoms with van der Waals surface area (Å²) in [5, 5.41) is 6.23. The Kier molecular flexibility index (Phi) is 3.82. The quantitative estimate of drug-likeness (QED) is 0.534. The fourth-order valence-corrected chi connectivity index (χ4v) is 6.01. The summed E-state index contributed by atoms with van der Waals surface area (Å²) in [4.78, 5) is 23.0. The topological polar surface area (TPSA) is 37.6 Å². The van der Waals surface area contributed by atoms with Crippen LogP contribution in [0.25, 0.3) is 4.96 Å². The highest BCUT2D eigenvalue weighted by atomic mass is 32.1.